The van der Waals surface area contributed by atoms with Crippen LogP contribution in [0.1, 0.15) is 92.0 Å². The van der Waals surface area contributed by atoms with Crippen LogP contribution in [0.4, 0.5) is 5.69 Å². The first-order valence-electron chi connectivity index (χ1n) is 20.7. The number of imide groups is 1. The Bertz CT molecular complexity index is 2480. The smallest absolute Gasteiger partial charge is 0.315 e. The maximum atomic E-state index is 12.7. The van der Waals surface area contributed by atoms with Gasteiger partial charge in [0.05, 0.1) is 12.3 Å². The highest BCUT2D eigenvalue weighted by molar-refractivity contribution is 6.01. The quantitative estimate of drug-likeness (QED) is 0.0692. The van der Waals surface area contributed by atoms with Crippen LogP contribution in [0.3, 0.4) is 0 Å². The zero-order valence-corrected chi connectivity index (χ0v) is 34.5. The van der Waals surface area contributed by atoms with Crippen LogP contribution in [0.5, 0.6) is 5.75 Å². The highest BCUT2D eigenvalue weighted by Gasteiger charge is 2.27. The number of hydrogen-bond donors (Lipinski definition) is 4. The molecule has 0 spiro atoms. The van der Waals surface area contributed by atoms with Gasteiger partial charge in [-0.25, -0.2) is 4.98 Å². The number of nitrogens with one attached hydrogen (secondary N) is 4. The van der Waals surface area contributed by atoms with Crippen molar-refractivity contribution in [3.63, 3.8) is 0 Å². The molecule has 2 saturated heterocycles. The lowest BCUT2D eigenvalue weighted by Crippen LogP contribution is -2.47. The topological polar surface area (TPSA) is 180 Å². The van der Waals surface area contributed by atoms with E-state index in [2.05, 4.69) is 82.6 Å². The van der Waals surface area contributed by atoms with E-state index in [4.69, 9.17) is 9.26 Å². The van der Waals surface area contributed by atoms with Crippen molar-refractivity contribution in [2.75, 3.05) is 31.6 Å². The zero-order valence-electron chi connectivity index (χ0n) is 34.5. The summed E-state index contributed by atoms with van der Waals surface area (Å²) >= 11 is 0. The molecule has 2 aliphatic rings. The summed E-state index contributed by atoms with van der Waals surface area (Å²) in [5, 5.41) is 21.0. The molecule has 3 aromatic heterocycles. The lowest BCUT2D eigenvalue weighted by atomic mass is 9.88. The third kappa shape index (κ3) is 9.39. The van der Waals surface area contributed by atoms with Crippen LogP contribution in [-0.4, -0.2) is 80.2 Å². The largest absolute Gasteiger partial charge is 0.494 e. The molecule has 6 aromatic rings. The Kier molecular flexibility index (Phi) is 11.7. The number of anilines is 1. The minimum atomic E-state index is -0.405. The molecule has 60 heavy (non-hydrogen) atoms. The van der Waals surface area contributed by atoms with Crippen LogP contribution in [0, 0.1) is 6.92 Å². The first-order chi connectivity index (χ1) is 29.0. The number of rotatable bonds is 13. The predicted molar refractivity (Wildman–Crippen MR) is 228 cm³/mol. The average molecular weight is 810 g/mol. The number of benzene rings is 3. The number of nitrogens with zero attached hydrogens (tertiary/aromatic N) is 5. The fraction of sp³-hybridized carbons (Fsp3) is 0.370. The molecular formula is C46H51N9O5. The van der Waals surface area contributed by atoms with Gasteiger partial charge >= 0.3 is 11.8 Å². The Labute approximate surface area is 348 Å². The number of likely N-dealkylation sites (tertiary alicyclic amines) is 1. The molecule has 1 atom stereocenters. The molecule has 8 rings (SSSR count). The van der Waals surface area contributed by atoms with Crippen LogP contribution in [-0.2, 0) is 21.5 Å². The highest BCUT2D eigenvalue weighted by Crippen LogP contribution is 2.33. The van der Waals surface area contributed by atoms with Gasteiger partial charge in [-0.2, -0.15) is 10.1 Å². The molecule has 2 fully saturated rings. The van der Waals surface area contributed by atoms with E-state index in [1.807, 2.05) is 70.3 Å². The molecule has 4 N–H and O–H groups in total. The molecule has 1 unspecified atom stereocenters. The van der Waals surface area contributed by atoms with Crippen molar-refractivity contribution in [2.24, 2.45) is 0 Å². The van der Waals surface area contributed by atoms with E-state index in [9.17, 15) is 14.4 Å². The third-order valence-corrected chi connectivity index (χ3v) is 11.4. The van der Waals surface area contributed by atoms with Gasteiger partial charge in [-0.15, -0.1) is 0 Å². The van der Waals surface area contributed by atoms with Crippen molar-refractivity contribution in [2.45, 2.75) is 83.7 Å². The average Bonchev–Trinajstić information content (AvgIpc) is 3.93. The molecule has 2 aliphatic heterocycles. The van der Waals surface area contributed by atoms with Crippen LogP contribution >= 0.6 is 0 Å². The molecule has 0 aliphatic carbocycles. The van der Waals surface area contributed by atoms with E-state index < -0.39 is 11.9 Å². The fourth-order valence-electron chi connectivity index (χ4n) is 7.79. The number of carbonyl (C=O) groups excluding carboxylic acids is 3. The molecule has 0 saturated carbocycles. The van der Waals surface area contributed by atoms with Crippen molar-refractivity contribution >= 4 is 34.4 Å². The Morgan fingerprint density at radius 1 is 0.950 bits per heavy atom. The summed E-state index contributed by atoms with van der Waals surface area (Å²) in [6.45, 7) is 12.0. The molecule has 5 heterocycles. The maximum absolute atomic E-state index is 12.7. The van der Waals surface area contributed by atoms with Gasteiger partial charge in [0.25, 0.3) is 0 Å². The standard InChI is InChI=1S/C46H51N9O5/c1-28-24-32(10-11-33(28)26-48-43(58)44-51-45(54-60-44)46(2,3)4)40-37-25-34(27-47-41(37)53-52-40)30-8-6-29(7-9-30)31-18-21-55(22-19-31)20-5-23-59-36-14-12-35(13-15-36)49-38-16-17-39(56)50-42(38)57/h6-15,24-25,27,31,38,49H,5,16-23,26H2,1-4H3,(H,48,58)(H,47,52,53)(H,50,56,57). The van der Waals surface area contributed by atoms with Gasteiger partial charge < -0.3 is 24.8 Å². The predicted octanol–water partition coefficient (Wildman–Crippen LogP) is 7.08. The van der Waals surface area contributed by atoms with Crippen LogP contribution in [0.15, 0.2) is 83.5 Å². The number of H-pyrrole nitrogens is 1. The van der Waals surface area contributed by atoms with Gasteiger partial charge in [-0.1, -0.05) is 62.3 Å². The van der Waals surface area contributed by atoms with Gasteiger partial charge in [0.1, 0.15) is 11.8 Å². The Hall–Kier alpha value is -6.41. The number of carbonyl (C=O) groups is 3. The minimum Gasteiger partial charge on any atom is -0.494 e. The maximum Gasteiger partial charge on any atom is 0.315 e. The molecule has 0 bridgehead atoms. The van der Waals surface area contributed by atoms with Crippen molar-refractivity contribution in [3.8, 4) is 28.1 Å². The summed E-state index contributed by atoms with van der Waals surface area (Å²) < 4.78 is 11.2. The number of aromatic nitrogens is 5. The Balaban J connectivity index is 0.804. The second kappa shape index (κ2) is 17.4. The monoisotopic (exact) mass is 809 g/mol. The number of fused-ring (bicyclic) bond motifs is 1. The Morgan fingerprint density at radius 3 is 2.43 bits per heavy atom. The summed E-state index contributed by atoms with van der Waals surface area (Å²) in [5.74, 6) is 0.866. The van der Waals surface area contributed by atoms with Crippen LogP contribution < -0.4 is 20.7 Å². The normalized spacial score (nSPS) is 16.5. The van der Waals surface area contributed by atoms with Crippen LogP contribution in [0.2, 0.25) is 0 Å². The number of hydrogen-bond acceptors (Lipinski definition) is 11. The molecule has 3 amide bonds. The number of aryl methyl sites for hydroxylation is 1. The second-order valence-corrected chi connectivity index (χ2v) is 16.8. The van der Waals surface area contributed by atoms with Crippen molar-refractivity contribution in [3.05, 3.63) is 107 Å². The van der Waals surface area contributed by atoms with E-state index in [1.54, 1.807) is 0 Å². The van der Waals surface area contributed by atoms with E-state index in [-0.39, 0.29) is 23.1 Å². The molecule has 3 aromatic carbocycles. The van der Waals surface area contributed by atoms with Crippen molar-refractivity contribution in [1.29, 1.82) is 0 Å². The van der Waals surface area contributed by atoms with Gasteiger partial charge in [0.2, 0.25) is 11.8 Å². The van der Waals surface area contributed by atoms with Crippen molar-refractivity contribution < 1.29 is 23.6 Å². The van der Waals surface area contributed by atoms with Gasteiger partial charge in [-0.3, -0.25) is 24.8 Å². The summed E-state index contributed by atoms with van der Waals surface area (Å²) in [5.41, 5.74) is 8.55. The van der Waals surface area contributed by atoms with Gasteiger partial charge in [0, 0.05) is 53.3 Å². The van der Waals surface area contributed by atoms with Crippen molar-refractivity contribution in [1.82, 2.24) is 40.9 Å². The number of pyridine rings is 1. The first kappa shape index (κ1) is 40.4. The summed E-state index contributed by atoms with van der Waals surface area (Å²) in [7, 11) is 0. The SMILES string of the molecule is Cc1cc(-c2[nH]nc3ncc(-c4ccc(C5CCN(CCCOc6ccc(NC7CCC(=O)NC7=O)cc6)CC5)cc4)cc23)ccc1CNC(=O)c1nc(C(C)(C)C)no1. The molecule has 14 heteroatoms. The third-order valence-electron chi connectivity index (χ3n) is 11.4. The molecule has 14 nitrogen and oxygen atoms in total. The van der Waals surface area contributed by atoms with E-state index in [0.29, 0.717) is 43.4 Å². The van der Waals surface area contributed by atoms with E-state index in [0.717, 1.165) is 89.2 Å². The van der Waals surface area contributed by atoms with Crippen LogP contribution in [0.25, 0.3) is 33.4 Å². The fourth-order valence-corrected chi connectivity index (χ4v) is 7.79. The number of amides is 3. The molecule has 0 radical (unpaired) electrons. The number of ether oxygens (including phenoxy) is 1. The number of aromatic amines is 1. The second-order valence-electron chi connectivity index (χ2n) is 16.8. The minimum absolute atomic E-state index is 0.0439. The summed E-state index contributed by atoms with van der Waals surface area (Å²) in [6.07, 6.45) is 5.90. The lowest BCUT2D eigenvalue weighted by molar-refractivity contribution is -0.133. The molecule has 310 valence electrons. The van der Waals surface area contributed by atoms with Gasteiger partial charge in [-0.05, 0) is 110 Å². The number of piperidine rings is 2. The zero-order chi connectivity index (χ0) is 41.8. The highest BCUT2D eigenvalue weighted by atomic mass is 16.5. The first-order valence-corrected chi connectivity index (χ1v) is 20.7. The summed E-state index contributed by atoms with van der Waals surface area (Å²) in [4.78, 5) is 47.6. The van der Waals surface area contributed by atoms with Gasteiger partial charge in [0.15, 0.2) is 11.5 Å². The summed E-state index contributed by atoms with van der Waals surface area (Å²) in [6, 6.07) is 24.4. The molecular weight excluding hydrogens is 759 g/mol. The van der Waals surface area contributed by atoms with E-state index in [1.165, 1.54) is 5.56 Å². The van der Waals surface area contributed by atoms with E-state index >= 15 is 0 Å². The lowest BCUT2D eigenvalue weighted by Gasteiger charge is -2.32. The Morgan fingerprint density at radius 2 is 1.72 bits per heavy atom.